The molecule has 0 saturated carbocycles. The van der Waals surface area contributed by atoms with Gasteiger partial charge in [0.2, 0.25) is 5.75 Å². The molecule has 0 bridgehead atoms. The largest absolute Gasteiger partial charge is 0.502 e. The van der Waals surface area contributed by atoms with Crippen molar-refractivity contribution in [1.82, 2.24) is 5.43 Å². The number of hydrogen-bond acceptors (Lipinski definition) is 7. The summed E-state index contributed by atoms with van der Waals surface area (Å²) in [6, 6.07) is 8.94. The molecule has 1 aliphatic rings. The molecule has 0 unspecified atom stereocenters. The first-order valence-electron chi connectivity index (χ1n) is 8.40. The summed E-state index contributed by atoms with van der Waals surface area (Å²) >= 11 is 0. The van der Waals surface area contributed by atoms with E-state index in [1.807, 2.05) is 0 Å². The number of phenols is 1. The Bertz CT molecular complexity index is 987. The van der Waals surface area contributed by atoms with Crippen LogP contribution in [0.4, 0.5) is 5.69 Å². The molecule has 9 heteroatoms. The van der Waals surface area contributed by atoms with Crippen LogP contribution in [0.5, 0.6) is 17.2 Å². The number of hydrazine groups is 1. The minimum absolute atomic E-state index is 0.114. The van der Waals surface area contributed by atoms with Crippen LogP contribution in [-0.2, 0) is 14.3 Å². The minimum atomic E-state index is -0.599. The predicted molar refractivity (Wildman–Crippen MR) is 103 cm³/mol. The van der Waals surface area contributed by atoms with Crippen LogP contribution in [0, 0.1) is 0 Å². The highest BCUT2D eigenvalue weighted by molar-refractivity contribution is 6.31. The summed E-state index contributed by atoms with van der Waals surface area (Å²) in [7, 11) is 4.02. The van der Waals surface area contributed by atoms with Crippen LogP contribution in [-0.4, -0.2) is 44.2 Å². The maximum absolute atomic E-state index is 12.7. The van der Waals surface area contributed by atoms with Gasteiger partial charge in [0, 0.05) is 0 Å². The Hall–Kier alpha value is -4.01. The van der Waals surface area contributed by atoms with Gasteiger partial charge >= 0.3 is 5.97 Å². The van der Waals surface area contributed by atoms with Gasteiger partial charge in [0.05, 0.1) is 32.6 Å². The molecule has 150 valence electrons. The zero-order valence-electron chi connectivity index (χ0n) is 15.9. The fourth-order valence-electron chi connectivity index (χ4n) is 2.77. The lowest BCUT2D eigenvalue weighted by Crippen LogP contribution is -2.35. The van der Waals surface area contributed by atoms with Gasteiger partial charge < -0.3 is 19.3 Å². The number of benzene rings is 2. The second kappa shape index (κ2) is 7.93. The van der Waals surface area contributed by atoms with Gasteiger partial charge in [0.1, 0.15) is 5.57 Å². The highest BCUT2D eigenvalue weighted by atomic mass is 16.5. The maximum Gasteiger partial charge on any atom is 0.337 e. The Labute approximate surface area is 166 Å². The van der Waals surface area contributed by atoms with Crippen molar-refractivity contribution in [2.24, 2.45) is 0 Å². The van der Waals surface area contributed by atoms with Crippen molar-refractivity contribution in [2.75, 3.05) is 26.3 Å². The summed E-state index contributed by atoms with van der Waals surface area (Å²) in [5.41, 5.74) is 3.47. The third kappa shape index (κ3) is 3.70. The van der Waals surface area contributed by atoms with Gasteiger partial charge in [-0.3, -0.25) is 15.0 Å². The van der Waals surface area contributed by atoms with Crippen LogP contribution in [0.2, 0.25) is 0 Å². The first-order chi connectivity index (χ1) is 13.9. The number of nitrogens with one attached hydrogen (secondary N) is 1. The number of hydrogen-bond donors (Lipinski definition) is 2. The molecule has 3 rings (SSSR count). The molecule has 1 heterocycles. The van der Waals surface area contributed by atoms with E-state index >= 15 is 0 Å². The number of amides is 2. The molecule has 0 spiro atoms. The lowest BCUT2D eigenvalue weighted by molar-refractivity contribution is -0.117. The fraction of sp³-hybridized carbons (Fsp3) is 0.150. The summed E-state index contributed by atoms with van der Waals surface area (Å²) in [5.74, 6) is -1.60. The van der Waals surface area contributed by atoms with Gasteiger partial charge in [0.15, 0.2) is 11.5 Å². The highest BCUT2D eigenvalue weighted by Crippen LogP contribution is 2.38. The molecular weight excluding hydrogens is 380 g/mol. The van der Waals surface area contributed by atoms with Gasteiger partial charge in [-0.15, -0.1) is 0 Å². The Morgan fingerprint density at radius 2 is 1.62 bits per heavy atom. The monoisotopic (exact) mass is 398 g/mol. The fourth-order valence-corrected chi connectivity index (χ4v) is 2.77. The highest BCUT2D eigenvalue weighted by Gasteiger charge is 2.34. The summed E-state index contributed by atoms with van der Waals surface area (Å²) in [6.07, 6.45) is 1.37. The van der Waals surface area contributed by atoms with Crippen LogP contribution < -0.4 is 19.9 Å². The molecule has 2 aromatic rings. The maximum atomic E-state index is 12.7. The molecule has 29 heavy (non-hydrogen) atoms. The van der Waals surface area contributed by atoms with Gasteiger partial charge in [0.25, 0.3) is 11.8 Å². The number of carbonyl (C=O) groups is 3. The van der Waals surface area contributed by atoms with Crippen molar-refractivity contribution >= 4 is 29.5 Å². The Morgan fingerprint density at radius 3 is 2.14 bits per heavy atom. The van der Waals surface area contributed by atoms with E-state index in [0.29, 0.717) is 16.8 Å². The molecule has 0 radical (unpaired) electrons. The number of anilines is 1. The molecule has 0 aromatic heterocycles. The minimum Gasteiger partial charge on any atom is -0.502 e. The first-order valence-corrected chi connectivity index (χ1v) is 8.40. The molecule has 2 amide bonds. The van der Waals surface area contributed by atoms with Gasteiger partial charge in [-0.1, -0.05) is 0 Å². The molecule has 0 atom stereocenters. The van der Waals surface area contributed by atoms with E-state index in [2.05, 4.69) is 10.2 Å². The number of phenolic OH excluding ortho intramolecular Hbond substituents is 1. The average Bonchev–Trinajstić information content (AvgIpc) is 3.02. The lowest BCUT2D eigenvalue weighted by Gasteiger charge is -2.14. The van der Waals surface area contributed by atoms with Crippen LogP contribution in [0.25, 0.3) is 6.08 Å². The van der Waals surface area contributed by atoms with Crippen molar-refractivity contribution in [3.05, 3.63) is 53.1 Å². The third-order valence-corrected chi connectivity index (χ3v) is 4.25. The van der Waals surface area contributed by atoms with Gasteiger partial charge in [-0.05, 0) is 48.0 Å². The van der Waals surface area contributed by atoms with Crippen LogP contribution in [0.1, 0.15) is 15.9 Å². The summed E-state index contributed by atoms with van der Waals surface area (Å²) in [5, 5.41) is 11.1. The zero-order valence-corrected chi connectivity index (χ0v) is 15.9. The lowest BCUT2D eigenvalue weighted by atomic mass is 10.1. The van der Waals surface area contributed by atoms with Gasteiger partial charge in [-0.2, -0.15) is 0 Å². The molecule has 1 fully saturated rings. The van der Waals surface area contributed by atoms with E-state index < -0.39 is 17.8 Å². The van der Waals surface area contributed by atoms with Crippen molar-refractivity contribution in [3.8, 4) is 17.2 Å². The number of methoxy groups -OCH3 is 3. The number of ether oxygens (including phenoxy) is 3. The van der Waals surface area contributed by atoms with E-state index in [-0.39, 0.29) is 22.8 Å². The Morgan fingerprint density at radius 1 is 1.03 bits per heavy atom. The number of rotatable bonds is 5. The summed E-state index contributed by atoms with van der Waals surface area (Å²) < 4.78 is 14.8. The number of esters is 1. The Balaban J connectivity index is 1.92. The molecule has 2 N–H and O–H groups in total. The van der Waals surface area contributed by atoms with E-state index in [0.717, 1.165) is 5.01 Å². The molecule has 0 aliphatic carbocycles. The second-order valence-corrected chi connectivity index (χ2v) is 5.95. The summed E-state index contributed by atoms with van der Waals surface area (Å²) in [4.78, 5) is 36.6. The normalized spacial score (nSPS) is 14.7. The predicted octanol–water partition coefficient (Wildman–Crippen LogP) is 1.66. The van der Waals surface area contributed by atoms with E-state index in [4.69, 9.17) is 9.47 Å². The van der Waals surface area contributed by atoms with E-state index in [1.165, 1.54) is 63.8 Å². The zero-order chi connectivity index (χ0) is 21.1. The van der Waals surface area contributed by atoms with Gasteiger partial charge in [-0.25, -0.2) is 9.80 Å². The molecule has 9 nitrogen and oxygen atoms in total. The van der Waals surface area contributed by atoms with Crippen LogP contribution in [0.15, 0.2) is 42.0 Å². The number of nitrogens with zero attached hydrogens (tertiary/aromatic N) is 1. The molecule has 2 aromatic carbocycles. The van der Waals surface area contributed by atoms with E-state index in [1.54, 1.807) is 0 Å². The first kappa shape index (κ1) is 19.7. The van der Waals surface area contributed by atoms with E-state index in [9.17, 15) is 19.5 Å². The van der Waals surface area contributed by atoms with Crippen LogP contribution >= 0.6 is 0 Å². The van der Waals surface area contributed by atoms with Crippen molar-refractivity contribution in [1.29, 1.82) is 0 Å². The quantitative estimate of drug-likeness (QED) is 0.447. The van der Waals surface area contributed by atoms with Crippen LogP contribution in [0.3, 0.4) is 0 Å². The third-order valence-electron chi connectivity index (χ3n) is 4.25. The summed E-state index contributed by atoms with van der Waals surface area (Å²) in [6.45, 7) is 0. The number of aromatic hydroxyl groups is 1. The SMILES string of the molecule is COC(=O)c1ccc(N2NC(=O)/C(=C/c3cc(OC)c(O)c(OC)c3)C2=O)cc1. The second-order valence-electron chi connectivity index (χ2n) is 5.95. The average molecular weight is 398 g/mol. The number of carbonyl (C=O) groups excluding carboxylic acids is 3. The topological polar surface area (TPSA) is 114 Å². The smallest absolute Gasteiger partial charge is 0.337 e. The standard InChI is InChI=1S/C20H18N2O7/c1-27-15-9-11(10-16(28-2)17(15)23)8-14-18(24)21-22(19(14)25)13-6-4-12(5-7-13)20(26)29-3/h4-10,23H,1-3H3,(H,21,24)/b14-8-. The van der Waals surface area contributed by atoms with Crippen molar-refractivity contribution < 1.29 is 33.7 Å². The van der Waals surface area contributed by atoms with Crippen molar-refractivity contribution in [3.63, 3.8) is 0 Å². The van der Waals surface area contributed by atoms with Crippen molar-refractivity contribution in [2.45, 2.75) is 0 Å². The molecule has 1 aliphatic heterocycles. The molecule has 1 saturated heterocycles. The molecular formula is C20H18N2O7. The Kier molecular flexibility index (Phi) is 5.40.